The molecule has 0 aromatic heterocycles. The van der Waals surface area contributed by atoms with Gasteiger partial charge in [0.15, 0.2) is 0 Å². The van der Waals surface area contributed by atoms with Gasteiger partial charge in [0.05, 0.1) is 12.9 Å². The molecule has 1 aliphatic rings. The summed E-state index contributed by atoms with van der Waals surface area (Å²) >= 11 is 0. The van der Waals surface area contributed by atoms with E-state index in [1.54, 1.807) is 7.11 Å². The molecule has 26 heavy (non-hydrogen) atoms. The van der Waals surface area contributed by atoms with Crippen LogP contribution in [0.2, 0.25) is 0 Å². The van der Waals surface area contributed by atoms with Gasteiger partial charge in [-0.25, -0.2) is 12.7 Å². The molecule has 3 rings (SSSR count). The standard InChI is InChI=1S/C20H25NO4S/c1-24-15-16-3-5-17(6-4-16)18-7-9-19(10-8-18)25-20-11-13-21(14-12-20)26(2,22)23/h3-10,20H,11-15H2,1-2H3. The van der Waals surface area contributed by atoms with E-state index < -0.39 is 10.0 Å². The zero-order valence-electron chi connectivity index (χ0n) is 15.2. The molecular formula is C20H25NO4S. The van der Waals surface area contributed by atoms with Crippen LogP contribution >= 0.6 is 0 Å². The van der Waals surface area contributed by atoms with Crippen LogP contribution in [-0.4, -0.2) is 45.3 Å². The van der Waals surface area contributed by atoms with Crippen LogP contribution in [0.4, 0.5) is 0 Å². The third-order valence-electron chi connectivity index (χ3n) is 4.63. The molecule has 0 amide bonds. The van der Waals surface area contributed by atoms with Crippen LogP contribution < -0.4 is 4.74 Å². The van der Waals surface area contributed by atoms with Gasteiger partial charge in [-0.15, -0.1) is 0 Å². The first-order chi connectivity index (χ1) is 12.5. The Hall–Kier alpha value is -1.89. The number of hydrogen-bond donors (Lipinski definition) is 0. The van der Waals surface area contributed by atoms with E-state index in [0.717, 1.165) is 35.3 Å². The third-order valence-corrected chi connectivity index (χ3v) is 5.93. The van der Waals surface area contributed by atoms with E-state index in [9.17, 15) is 8.42 Å². The molecule has 140 valence electrons. The van der Waals surface area contributed by atoms with Crippen molar-refractivity contribution in [1.29, 1.82) is 0 Å². The molecule has 6 heteroatoms. The Bertz CT molecular complexity index is 808. The number of hydrogen-bond acceptors (Lipinski definition) is 4. The van der Waals surface area contributed by atoms with Crippen molar-refractivity contribution in [3.63, 3.8) is 0 Å². The summed E-state index contributed by atoms with van der Waals surface area (Å²) < 4.78 is 35.8. The summed E-state index contributed by atoms with van der Waals surface area (Å²) in [6.07, 6.45) is 2.76. The summed E-state index contributed by atoms with van der Waals surface area (Å²) in [5.41, 5.74) is 3.43. The number of benzene rings is 2. The summed E-state index contributed by atoms with van der Waals surface area (Å²) in [4.78, 5) is 0. The van der Waals surface area contributed by atoms with Crippen molar-refractivity contribution in [1.82, 2.24) is 4.31 Å². The van der Waals surface area contributed by atoms with E-state index in [0.29, 0.717) is 19.7 Å². The summed E-state index contributed by atoms with van der Waals surface area (Å²) in [7, 11) is -1.40. The first-order valence-corrected chi connectivity index (χ1v) is 10.6. The van der Waals surface area contributed by atoms with Crippen molar-refractivity contribution in [2.24, 2.45) is 0 Å². The topological polar surface area (TPSA) is 55.8 Å². The molecule has 0 saturated carbocycles. The van der Waals surface area contributed by atoms with E-state index in [2.05, 4.69) is 24.3 Å². The number of nitrogens with zero attached hydrogens (tertiary/aromatic N) is 1. The number of sulfonamides is 1. The van der Waals surface area contributed by atoms with Crippen molar-refractivity contribution in [3.8, 4) is 16.9 Å². The van der Waals surface area contributed by atoms with Gasteiger partial charge in [-0.1, -0.05) is 36.4 Å². The van der Waals surface area contributed by atoms with Crippen molar-refractivity contribution < 1.29 is 17.9 Å². The highest BCUT2D eigenvalue weighted by Gasteiger charge is 2.25. The molecule has 2 aromatic rings. The van der Waals surface area contributed by atoms with Gasteiger partial charge in [-0.05, 0) is 41.7 Å². The molecule has 0 N–H and O–H groups in total. The van der Waals surface area contributed by atoms with Gasteiger partial charge in [0.25, 0.3) is 0 Å². The maximum Gasteiger partial charge on any atom is 0.211 e. The molecule has 0 spiro atoms. The second-order valence-corrected chi connectivity index (χ2v) is 8.62. The van der Waals surface area contributed by atoms with E-state index in [1.165, 1.54) is 10.6 Å². The molecule has 0 aliphatic carbocycles. The van der Waals surface area contributed by atoms with Crippen LogP contribution in [0.3, 0.4) is 0 Å². The van der Waals surface area contributed by atoms with Crippen molar-refractivity contribution in [2.75, 3.05) is 26.5 Å². The number of rotatable bonds is 6. The number of methoxy groups -OCH3 is 1. The zero-order valence-corrected chi connectivity index (χ0v) is 16.0. The lowest BCUT2D eigenvalue weighted by molar-refractivity contribution is 0.135. The van der Waals surface area contributed by atoms with Crippen LogP contribution in [0.1, 0.15) is 18.4 Å². The Morgan fingerprint density at radius 1 is 0.962 bits per heavy atom. The van der Waals surface area contributed by atoms with Gasteiger partial charge >= 0.3 is 0 Å². The molecule has 5 nitrogen and oxygen atoms in total. The predicted molar refractivity (Wildman–Crippen MR) is 103 cm³/mol. The Morgan fingerprint density at radius 3 is 2.00 bits per heavy atom. The molecule has 0 bridgehead atoms. The average molecular weight is 375 g/mol. The first-order valence-electron chi connectivity index (χ1n) is 8.76. The third kappa shape index (κ3) is 4.84. The summed E-state index contributed by atoms with van der Waals surface area (Å²) in [5.74, 6) is 0.822. The molecule has 0 radical (unpaired) electrons. The lowest BCUT2D eigenvalue weighted by Crippen LogP contribution is -2.41. The summed E-state index contributed by atoms with van der Waals surface area (Å²) in [6, 6.07) is 16.4. The van der Waals surface area contributed by atoms with Crippen LogP contribution in [0.5, 0.6) is 5.75 Å². The van der Waals surface area contributed by atoms with E-state index in [4.69, 9.17) is 9.47 Å². The van der Waals surface area contributed by atoms with Crippen molar-refractivity contribution >= 4 is 10.0 Å². The minimum atomic E-state index is -3.10. The van der Waals surface area contributed by atoms with E-state index >= 15 is 0 Å². The fourth-order valence-electron chi connectivity index (χ4n) is 3.16. The summed E-state index contributed by atoms with van der Waals surface area (Å²) in [5, 5.41) is 0. The summed E-state index contributed by atoms with van der Waals surface area (Å²) in [6.45, 7) is 1.66. The SMILES string of the molecule is COCc1ccc(-c2ccc(OC3CCN(S(C)(=O)=O)CC3)cc2)cc1. The zero-order chi connectivity index (χ0) is 18.6. The van der Waals surface area contributed by atoms with E-state index in [-0.39, 0.29) is 6.10 Å². The monoisotopic (exact) mass is 375 g/mol. The van der Waals surface area contributed by atoms with Crippen molar-refractivity contribution in [2.45, 2.75) is 25.6 Å². The number of piperidine rings is 1. The molecule has 1 saturated heterocycles. The molecule has 2 aromatic carbocycles. The van der Waals surface area contributed by atoms with E-state index in [1.807, 2.05) is 24.3 Å². The van der Waals surface area contributed by atoms with Crippen LogP contribution in [0.15, 0.2) is 48.5 Å². The fourth-order valence-corrected chi connectivity index (χ4v) is 4.03. The average Bonchev–Trinajstić information content (AvgIpc) is 2.63. The van der Waals surface area contributed by atoms with Crippen LogP contribution in [0, 0.1) is 0 Å². The molecule has 0 atom stereocenters. The molecular weight excluding hydrogens is 350 g/mol. The van der Waals surface area contributed by atoms with Crippen molar-refractivity contribution in [3.05, 3.63) is 54.1 Å². The fraction of sp³-hybridized carbons (Fsp3) is 0.400. The van der Waals surface area contributed by atoms with Gasteiger partial charge in [-0.2, -0.15) is 0 Å². The Morgan fingerprint density at radius 2 is 1.50 bits per heavy atom. The second-order valence-electron chi connectivity index (χ2n) is 6.63. The highest BCUT2D eigenvalue weighted by atomic mass is 32.2. The smallest absolute Gasteiger partial charge is 0.211 e. The predicted octanol–water partition coefficient (Wildman–Crippen LogP) is 3.30. The van der Waals surface area contributed by atoms with Gasteiger partial charge in [0, 0.05) is 20.2 Å². The highest BCUT2D eigenvalue weighted by Crippen LogP contribution is 2.25. The first kappa shape index (κ1) is 18.9. The lowest BCUT2D eigenvalue weighted by Gasteiger charge is -2.30. The second kappa shape index (κ2) is 8.20. The minimum Gasteiger partial charge on any atom is -0.490 e. The maximum absolute atomic E-state index is 11.6. The quantitative estimate of drug-likeness (QED) is 0.777. The van der Waals surface area contributed by atoms with Crippen LogP contribution in [-0.2, 0) is 21.4 Å². The van der Waals surface area contributed by atoms with Gasteiger partial charge in [0.1, 0.15) is 11.9 Å². The van der Waals surface area contributed by atoms with Gasteiger partial charge in [0.2, 0.25) is 10.0 Å². The Kier molecular flexibility index (Phi) is 5.96. The van der Waals surface area contributed by atoms with Gasteiger partial charge in [-0.3, -0.25) is 0 Å². The minimum absolute atomic E-state index is 0.0622. The molecule has 0 unspecified atom stereocenters. The highest BCUT2D eigenvalue weighted by molar-refractivity contribution is 7.88. The van der Waals surface area contributed by atoms with Crippen LogP contribution in [0.25, 0.3) is 11.1 Å². The lowest BCUT2D eigenvalue weighted by atomic mass is 10.0. The van der Waals surface area contributed by atoms with Gasteiger partial charge < -0.3 is 9.47 Å². The molecule has 1 heterocycles. The largest absolute Gasteiger partial charge is 0.490 e. The molecule has 1 aliphatic heterocycles. The number of ether oxygens (including phenoxy) is 2. The Labute approximate surface area is 155 Å². The molecule has 1 fully saturated rings. The maximum atomic E-state index is 11.6. The normalized spacial score (nSPS) is 16.5. The Balaban J connectivity index is 1.58.